The monoisotopic (exact) mass is 465 g/mol. The van der Waals surface area contributed by atoms with Crippen LogP contribution in [0.4, 0.5) is 23.0 Å². The molecule has 26 heavy (non-hydrogen) atoms. The first kappa shape index (κ1) is 18.6. The quantitative estimate of drug-likeness (QED) is 0.258. The van der Waals surface area contributed by atoms with E-state index in [4.69, 9.17) is 0 Å². The maximum Gasteiger partial charge on any atom is 0.353 e. The molecule has 8 heteroatoms. The summed E-state index contributed by atoms with van der Waals surface area (Å²) in [7, 11) is 0. The number of rotatable bonds is 7. The lowest BCUT2D eigenvalue weighted by Gasteiger charge is -2.13. The molecule has 0 saturated heterocycles. The Hall–Kier alpha value is -2.23. The predicted molar refractivity (Wildman–Crippen MR) is 111 cm³/mol. The second-order valence-electron chi connectivity index (χ2n) is 6.09. The number of anilines is 3. The molecule has 1 aromatic heterocycles. The number of aromatic nitrogens is 2. The van der Waals surface area contributed by atoms with Gasteiger partial charge in [0.05, 0.1) is 4.92 Å². The molecule has 0 bridgehead atoms. The smallest absolute Gasteiger partial charge is 0.353 e. The Bertz CT molecular complexity index is 808. The standard InChI is InChI=1S/C18H20IN5O2/c19-14-6-8-15(9-7-14)23-18-16(24(25)26)17(21-12-22-18)20-11-10-13-4-2-1-3-5-13/h4,6-9,12H,1-3,5,10-11H2,(H2,20,21,22,23). The van der Waals surface area contributed by atoms with Crippen LogP contribution >= 0.6 is 22.6 Å². The molecule has 7 nitrogen and oxygen atoms in total. The molecule has 0 atom stereocenters. The lowest BCUT2D eigenvalue weighted by Crippen LogP contribution is -2.10. The van der Waals surface area contributed by atoms with Crippen LogP contribution in [-0.2, 0) is 0 Å². The van der Waals surface area contributed by atoms with Crippen LogP contribution in [0.25, 0.3) is 0 Å². The maximum atomic E-state index is 11.6. The maximum absolute atomic E-state index is 11.6. The van der Waals surface area contributed by atoms with Gasteiger partial charge in [0.15, 0.2) is 0 Å². The van der Waals surface area contributed by atoms with E-state index >= 15 is 0 Å². The van der Waals surface area contributed by atoms with Gasteiger partial charge in [-0.15, -0.1) is 0 Å². The third kappa shape index (κ3) is 4.90. The fourth-order valence-corrected chi connectivity index (χ4v) is 3.28. The topological polar surface area (TPSA) is 93.0 Å². The van der Waals surface area contributed by atoms with Crippen molar-refractivity contribution in [2.75, 3.05) is 17.2 Å². The van der Waals surface area contributed by atoms with Crippen LogP contribution in [0.15, 0.2) is 42.2 Å². The van der Waals surface area contributed by atoms with E-state index in [0.29, 0.717) is 6.54 Å². The number of benzene rings is 1. The molecule has 2 aromatic rings. The number of hydrogen-bond donors (Lipinski definition) is 2. The van der Waals surface area contributed by atoms with Crippen molar-refractivity contribution in [2.24, 2.45) is 0 Å². The van der Waals surface area contributed by atoms with Crippen LogP contribution in [0.2, 0.25) is 0 Å². The lowest BCUT2D eigenvalue weighted by molar-refractivity contribution is -0.383. The summed E-state index contributed by atoms with van der Waals surface area (Å²) in [5.41, 5.74) is 2.02. The van der Waals surface area contributed by atoms with E-state index in [1.165, 1.54) is 24.7 Å². The highest BCUT2D eigenvalue weighted by Gasteiger charge is 2.23. The van der Waals surface area contributed by atoms with Crippen molar-refractivity contribution in [3.05, 3.63) is 55.9 Å². The Kier molecular flexibility index (Phi) is 6.37. The molecule has 1 heterocycles. The second kappa shape index (κ2) is 8.93. The third-order valence-corrected chi connectivity index (χ3v) is 4.95. The highest BCUT2D eigenvalue weighted by molar-refractivity contribution is 14.1. The van der Waals surface area contributed by atoms with Gasteiger partial charge in [-0.05, 0) is 79.0 Å². The molecule has 136 valence electrons. The summed E-state index contributed by atoms with van der Waals surface area (Å²) in [5.74, 6) is 0.431. The Morgan fingerprint density at radius 1 is 1.15 bits per heavy atom. The van der Waals surface area contributed by atoms with Gasteiger partial charge in [0.25, 0.3) is 0 Å². The summed E-state index contributed by atoms with van der Waals surface area (Å²) >= 11 is 2.21. The molecule has 1 aromatic carbocycles. The third-order valence-electron chi connectivity index (χ3n) is 4.24. The minimum atomic E-state index is -0.447. The molecule has 0 amide bonds. The molecular weight excluding hydrogens is 445 g/mol. The molecule has 1 aliphatic carbocycles. The largest absolute Gasteiger partial charge is 0.364 e. The van der Waals surface area contributed by atoms with Crippen molar-refractivity contribution in [3.8, 4) is 0 Å². The van der Waals surface area contributed by atoms with E-state index in [0.717, 1.165) is 28.5 Å². The highest BCUT2D eigenvalue weighted by atomic mass is 127. The van der Waals surface area contributed by atoms with Crippen molar-refractivity contribution in [2.45, 2.75) is 32.1 Å². The van der Waals surface area contributed by atoms with E-state index in [2.05, 4.69) is 49.3 Å². The number of hydrogen-bond acceptors (Lipinski definition) is 6. The minimum Gasteiger partial charge on any atom is -0.364 e. The van der Waals surface area contributed by atoms with Crippen LogP contribution in [0.5, 0.6) is 0 Å². The van der Waals surface area contributed by atoms with E-state index in [1.807, 2.05) is 24.3 Å². The Morgan fingerprint density at radius 2 is 1.92 bits per heavy atom. The Balaban J connectivity index is 1.73. The molecule has 0 saturated carbocycles. The summed E-state index contributed by atoms with van der Waals surface area (Å²) < 4.78 is 1.09. The SMILES string of the molecule is O=[N+]([O-])c1c(NCCC2=CCCCC2)ncnc1Nc1ccc(I)cc1. The number of nitrogens with zero attached hydrogens (tertiary/aromatic N) is 3. The van der Waals surface area contributed by atoms with Crippen molar-refractivity contribution in [1.82, 2.24) is 9.97 Å². The minimum absolute atomic E-state index is 0.135. The van der Waals surface area contributed by atoms with Crippen LogP contribution in [0.1, 0.15) is 32.1 Å². The number of nitrogens with one attached hydrogen (secondary N) is 2. The number of nitro groups is 1. The van der Waals surface area contributed by atoms with Crippen molar-refractivity contribution in [1.29, 1.82) is 0 Å². The molecule has 1 aliphatic rings. The van der Waals surface area contributed by atoms with Gasteiger partial charge < -0.3 is 10.6 Å². The van der Waals surface area contributed by atoms with E-state index < -0.39 is 4.92 Å². The number of halogens is 1. The van der Waals surface area contributed by atoms with Gasteiger partial charge in [0.2, 0.25) is 11.6 Å². The Labute approximate surface area is 165 Å². The van der Waals surface area contributed by atoms with Crippen molar-refractivity contribution in [3.63, 3.8) is 0 Å². The van der Waals surface area contributed by atoms with Gasteiger partial charge in [0.1, 0.15) is 6.33 Å². The van der Waals surface area contributed by atoms with Gasteiger partial charge in [-0.25, -0.2) is 9.97 Å². The number of allylic oxidation sites excluding steroid dienone is 1. The van der Waals surface area contributed by atoms with Crippen molar-refractivity contribution >= 4 is 45.6 Å². The van der Waals surface area contributed by atoms with Crippen LogP contribution in [-0.4, -0.2) is 21.4 Å². The second-order valence-corrected chi connectivity index (χ2v) is 7.34. The van der Waals surface area contributed by atoms with E-state index in [-0.39, 0.29) is 17.3 Å². The zero-order valence-corrected chi connectivity index (χ0v) is 16.4. The van der Waals surface area contributed by atoms with Gasteiger partial charge in [-0.1, -0.05) is 11.6 Å². The zero-order chi connectivity index (χ0) is 18.4. The fraction of sp³-hybridized carbons (Fsp3) is 0.333. The molecule has 0 aliphatic heterocycles. The summed E-state index contributed by atoms with van der Waals surface area (Å²) in [6.07, 6.45) is 9.22. The van der Waals surface area contributed by atoms with E-state index in [1.54, 1.807) is 0 Å². The molecule has 0 fully saturated rings. The summed E-state index contributed by atoms with van der Waals surface area (Å²) in [4.78, 5) is 19.3. The molecule has 0 spiro atoms. The first-order valence-electron chi connectivity index (χ1n) is 8.57. The van der Waals surface area contributed by atoms with Crippen molar-refractivity contribution < 1.29 is 4.92 Å². The summed E-state index contributed by atoms with van der Waals surface area (Å²) in [6.45, 7) is 0.618. The fourth-order valence-electron chi connectivity index (χ4n) is 2.92. The van der Waals surface area contributed by atoms with Gasteiger partial charge in [0, 0.05) is 15.8 Å². The predicted octanol–water partition coefficient (Wildman–Crippen LogP) is 5.04. The zero-order valence-electron chi connectivity index (χ0n) is 14.2. The molecule has 0 radical (unpaired) electrons. The normalized spacial score (nSPS) is 13.8. The van der Waals surface area contributed by atoms with Gasteiger partial charge >= 0.3 is 5.69 Å². The molecule has 2 N–H and O–H groups in total. The van der Waals surface area contributed by atoms with E-state index in [9.17, 15) is 10.1 Å². The lowest BCUT2D eigenvalue weighted by atomic mass is 9.97. The summed E-state index contributed by atoms with van der Waals surface area (Å²) in [6, 6.07) is 7.56. The van der Waals surface area contributed by atoms with Crippen LogP contribution < -0.4 is 10.6 Å². The molecule has 3 rings (SSSR count). The van der Waals surface area contributed by atoms with Crippen LogP contribution in [0.3, 0.4) is 0 Å². The first-order chi connectivity index (χ1) is 12.6. The molecule has 0 unspecified atom stereocenters. The first-order valence-corrected chi connectivity index (χ1v) is 9.65. The van der Waals surface area contributed by atoms with Gasteiger partial charge in [-0.3, -0.25) is 10.1 Å². The van der Waals surface area contributed by atoms with Gasteiger partial charge in [-0.2, -0.15) is 0 Å². The average Bonchev–Trinajstić information content (AvgIpc) is 2.64. The Morgan fingerprint density at radius 3 is 2.62 bits per heavy atom. The van der Waals surface area contributed by atoms with Crippen LogP contribution in [0, 0.1) is 13.7 Å². The molecular formula is C18H20IN5O2. The average molecular weight is 465 g/mol. The highest BCUT2D eigenvalue weighted by Crippen LogP contribution is 2.31. The summed E-state index contributed by atoms with van der Waals surface area (Å²) in [5, 5.41) is 17.7.